The van der Waals surface area contributed by atoms with E-state index in [1.165, 1.54) is 6.07 Å². The van der Waals surface area contributed by atoms with Crippen LogP contribution in [-0.2, 0) is 16.6 Å². The molecule has 0 spiro atoms. The van der Waals surface area contributed by atoms with Crippen molar-refractivity contribution >= 4 is 26.0 Å². The molecule has 112 valence electrons. The molecule has 0 bridgehead atoms. The molecule has 2 atom stereocenters. The van der Waals surface area contributed by atoms with Gasteiger partial charge in [-0.1, -0.05) is 13.0 Å². The van der Waals surface area contributed by atoms with E-state index in [1.807, 2.05) is 6.92 Å². The second-order valence-corrected chi connectivity index (χ2v) is 8.09. The van der Waals surface area contributed by atoms with Crippen molar-refractivity contribution in [3.05, 3.63) is 27.7 Å². The van der Waals surface area contributed by atoms with Gasteiger partial charge in [-0.3, -0.25) is 0 Å². The summed E-state index contributed by atoms with van der Waals surface area (Å²) in [4.78, 5) is 0.209. The van der Waals surface area contributed by atoms with Crippen molar-refractivity contribution in [2.24, 2.45) is 5.92 Å². The van der Waals surface area contributed by atoms with Crippen molar-refractivity contribution in [2.45, 2.75) is 50.7 Å². The van der Waals surface area contributed by atoms with Gasteiger partial charge in [-0.25, -0.2) is 13.1 Å². The summed E-state index contributed by atoms with van der Waals surface area (Å²) in [6.45, 7) is 3.79. The molecule has 2 N–H and O–H groups in total. The highest BCUT2D eigenvalue weighted by Crippen LogP contribution is 2.30. The lowest BCUT2D eigenvalue weighted by Gasteiger charge is -2.16. The van der Waals surface area contributed by atoms with Crippen LogP contribution >= 0.6 is 15.9 Å². The van der Waals surface area contributed by atoms with Gasteiger partial charge in [0.15, 0.2) is 0 Å². The zero-order valence-corrected chi connectivity index (χ0v) is 14.1. The molecule has 0 saturated heterocycles. The molecule has 2 unspecified atom stereocenters. The lowest BCUT2D eigenvalue weighted by atomic mass is 10.1. The number of rotatable bonds is 4. The number of aliphatic hydroxyl groups is 1. The Morgan fingerprint density at radius 2 is 2.10 bits per heavy atom. The molecule has 0 heterocycles. The molecule has 1 aromatic rings. The summed E-state index contributed by atoms with van der Waals surface area (Å²) in [7, 11) is -3.56. The Bertz CT molecular complexity index is 601. The Morgan fingerprint density at radius 1 is 1.40 bits per heavy atom. The summed E-state index contributed by atoms with van der Waals surface area (Å²) in [5.74, 6) is 0.566. The lowest BCUT2D eigenvalue weighted by molar-refractivity contribution is 0.281. The molecule has 2 rings (SSSR count). The van der Waals surface area contributed by atoms with Crippen LogP contribution in [0.4, 0.5) is 0 Å². The van der Waals surface area contributed by atoms with Gasteiger partial charge in [0.1, 0.15) is 0 Å². The molecule has 1 aliphatic rings. The molecule has 6 heteroatoms. The molecular formula is C14H20BrNO3S. The zero-order valence-electron chi connectivity index (χ0n) is 11.7. The maximum atomic E-state index is 12.5. The second-order valence-electron chi connectivity index (χ2n) is 5.62. The van der Waals surface area contributed by atoms with Crippen molar-refractivity contribution in [1.29, 1.82) is 0 Å². The van der Waals surface area contributed by atoms with E-state index >= 15 is 0 Å². The minimum absolute atomic E-state index is 0.0139. The van der Waals surface area contributed by atoms with E-state index in [2.05, 4.69) is 27.6 Å². The van der Waals surface area contributed by atoms with E-state index in [0.717, 1.165) is 24.8 Å². The highest BCUT2D eigenvalue weighted by Gasteiger charge is 2.28. The van der Waals surface area contributed by atoms with Crippen molar-refractivity contribution in [1.82, 2.24) is 4.72 Å². The smallest absolute Gasteiger partial charge is 0.241 e. The van der Waals surface area contributed by atoms with Crippen LogP contribution < -0.4 is 4.72 Å². The largest absolute Gasteiger partial charge is 0.392 e. The predicted molar refractivity (Wildman–Crippen MR) is 81.9 cm³/mol. The number of sulfonamides is 1. The predicted octanol–water partition coefficient (Wildman–Crippen LogP) is 2.72. The molecule has 1 aliphatic carbocycles. The first-order valence-corrected chi connectivity index (χ1v) is 9.03. The first kappa shape index (κ1) is 15.9. The van der Waals surface area contributed by atoms with Crippen molar-refractivity contribution in [2.75, 3.05) is 0 Å². The normalized spacial score (nSPS) is 23.2. The molecule has 1 saturated carbocycles. The Kier molecular flexibility index (Phi) is 4.89. The summed E-state index contributed by atoms with van der Waals surface area (Å²) in [6, 6.07) is 3.32. The summed E-state index contributed by atoms with van der Waals surface area (Å²) in [5, 5.41) is 9.23. The van der Waals surface area contributed by atoms with E-state index in [4.69, 9.17) is 0 Å². The van der Waals surface area contributed by atoms with Crippen LogP contribution in [0.25, 0.3) is 0 Å². The standard InChI is InChI=1S/C14H20BrNO3S/c1-9-3-4-12(5-9)16-20(18,19)13-7-11(8-17)6-10(2)14(13)15/h6-7,9,12,16-17H,3-5,8H2,1-2H3. The second kappa shape index (κ2) is 6.13. The number of aliphatic hydroxyl groups excluding tert-OH is 1. The SMILES string of the molecule is Cc1cc(CO)cc(S(=O)(=O)NC2CCC(C)C2)c1Br. The number of hydrogen-bond acceptors (Lipinski definition) is 3. The Morgan fingerprint density at radius 3 is 2.65 bits per heavy atom. The monoisotopic (exact) mass is 361 g/mol. The molecule has 20 heavy (non-hydrogen) atoms. The average Bonchev–Trinajstić information content (AvgIpc) is 2.76. The summed E-state index contributed by atoms with van der Waals surface area (Å²) in [6.07, 6.45) is 2.83. The number of aryl methyl sites for hydroxylation is 1. The van der Waals surface area contributed by atoms with Gasteiger partial charge in [-0.05, 0) is 65.2 Å². The zero-order chi connectivity index (χ0) is 14.9. The Labute approximate surface area is 128 Å². The summed E-state index contributed by atoms with van der Waals surface area (Å²) >= 11 is 3.34. The molecule has 1 aromatic carbocycles. The molecule has 1 fully saturated rings. The first-order chi connectivity index (χ1) is 9.33. The van der Waals surface area contributed by atoms with Gasteiger partial charge in [0.25, 0.3) is 0 Å². The maximum absolute atomic E-state index is 12.5. The van der Waals surface area contributed by atoms with E-state index in [0.29, 0.717) is 16.0 Å². The van der Waals surface area contributed by atoms with Crippen LogP contribution in [0.5, 0.6) is 0 Å². The van der Waals surface area contributed by atoms with Crippen molar-refractivity contribution < 1.29 is 13.5 Å². The van der Waals surface area contributed by atoms with Crippen LogP contribution in [-0.4, -0.2) is 19.6 Å². The molecule has 0 amide bonds. The highest BCUT2D eigenvalue weighted by atomic mass is 79.9. The fourth-order valence-electron chi connectivity index (χ4n) is 2.69. The molecule has 0 aliphatic heterocycles. The number of halogens is 1. The fraction of sp³-hybridized carbons (Fsp3) is 0.571. The van der Waals surface area contributed by atoms with Gasteiger partial charge in [0.2, 0.25) is 10.0 Å². The quantitative estimate of drug-likeness (QED) is 0.866. The highest BCUT2D eigenvalue weighted by molar-refractivity contribution is 9.10. The number of benzene rings is 1. The van der Waals surface area contributed by atoms with Gasteiger partial charge < -0.3 is 5.11 Å². The minimum Gasteiger partial charge on any atom is -0.392 e. The van der Waals surface area contributed by atoms with E-state index in [-0.39, 0.29) is 17.5 Å². The van der Waals surface area contributed by atoms with Crippen molar-refractivity contribution in [3.8, 4) is 0 Å². The third-order valence-electron chi connectivity index (χ3n) is 3.77. The number of hydrogen-bond donors (Lipinski definition) is 2. The van der Waals surface area contributed by atoms with Gasteiger partial charge in [0.05, 0.1) is 11.5 Å². The van der Waals surface area contributed by atoms with Gasteiger partial charge >= 0.3 is 0 Å². The fourth-order valence-corrected chi connectivity index (χ4v) is 5.04. The summed E-state index contributed by atoms with van der Waals surface area (Å²) < 4.78 is 28.4. The maximum Gasteiger partial charge on any atom is 0.241 e. The third kappa shape index (κ3) is 3.42. The van der Waals surface area contributed by atoms with E-state index < -0.39 is 10.0 Å². The van der Waals surface area contributed by atoms with Gasteiger partial charge in [0, 0.05) is 10.5 Å². The third-order valence-corrected chi connectivity index (χ3v) is 6.63. The average molecular weight is 362 g/mol. The van der Waals surface area contributed by atoms with Crippen LogP contribution in [0.1, 0.15) is 37.3 Å². The summed E-state index contributed by atoms with van der Waals surface area (Å²) in [5.41, 5.74) is 1.41. The number of nitrogens with one attached hydrogen (secondary N) is 1. The lowest BCUT2D eigenvalue weighted by Crippen LogP contribution is -2.33. The molecule has 0 radical (unpaired) electrons. The van der Waals surface area contributed by atoms with Crippen LogP contribution in [0.2, 0.25) is 0 Å². The van der Waals surface area contributed by atoms with Crippen LogP contribution in [0.3, 0.4) is 0 Å². The first-order valence-electron chi connectivity index (χ1n) is 6.75. The minimum atomic E-state index is -3.56. The molecular weight excluding hydrogens is 342 g/mol. The van der Waals surface area contributed by atoms with E-state index in [1.54, 1.807) is 6.07 Å². The molecule has 0 aromatic heterocycles. The van der Waals surface area contributed by atoms with Gasteiger partial charge in [-0.15, -0.1) is 0 Å². The Hall–Kier alpha value is -0.430. The van der Waals surface area contributed by atoms with Crippen LogP contribution in [0, 0.1) is 12.8 Å². The topological polar surface area (TPSA) is 66.4 Å². The van der Waals surface area contributed by atoms with Gasteiger partial charge in [-0.2, -0.15) is 0 Å². The molecule has 4 nitrogen and oxygen atoms in total. The van der Waals surface area contributed by atoms with E-state index in [9.17, 15) is 13.5 Å². The Balaban J connectivity index is 2.31. The van der Waals surface area contributed by atoms with Crippen LogP contribution in [0.15, 0.2) is 21.5 Å². The van der Waals surface area contributed by atoms with Crippen molar-refractivity contribution in [3.63, 3.8) is 0 Å².